The Balaban J connectivity index is 1.77. The van der Waals surface area contributed by atoms with Gasteiger partial charge < -0.3 is 9.80 Å². The average molecular weight is 450 g/mol. The second-order valence-corrected chi connectivity index (χ2v) is 10.0. The van der Waals surface area contributed by atoms with Gasteiger partial charge in [-0.25, -0.2) is 8.42 Å². The molecule has 0 saturated carbocycles. The van der Waals surface area contributed by atoms with E-state index in [1.54, 1.807) is 41.3 Å². The van der Waals surface area contributed by atoms with Crippen molar-refractivity contribution in [1.82, 2.24) is 9.21 Å². The van der Waals surface area contributed by atoms with E-state index < -0.39 is 16.2 Å². The average Bonchev–Trinajstić information content (AvgIpc) is 3.25. The van der Waals surface area contributed by atoms with Gasteiger partial charge in [0.15, 0.2) is 0 Å². The fraction of sp³-hybridized carbons (Fsp3) is 0.240. The van der Waals surface area contributed by atoms with Gasteiger partial charge in [-0.2, -0.15) is 4.31 Å². The van der Waals surface area contributed by atoms with Gasteiger partial charge in [-0.1, -0.05) is 48.0 Å². The van der Waals surface area contributed by atoms with Crippen LogP contribution in [-0.4, -0.2) is 50.7 Å². The van der Waals surface area contributed by atoms with E-state index in [1.807, 2.05) is 68.4 Å². The molecule has 1 aliphatic heterocycles. The number of nitrogens with zero attached hydrogens (tertiary/aromatic N) is 3. The third kappa shape index (κ3) is 4.13. The molecule has 3 aromatic carbocycles. The summed E-state index contributed by atoms with van der Waals surface area (Å²) in [6.45, 7) is 2.47. The molecule has 1 aliphatic rings. The molecule has 3 aromatic rings. The van der Waals surface area contributed by atoms with Crippen molar-refractivity contribution in [3.63, 3.8) is 0 Å². The van der Waals surface area contributed by atoms with Crippen LogP contribution >= 0.6 is 0 Å². The second-order valence-electron chi connectivity index (χ2n) is 8.15. The topological polar surface area (TPSA) is 60.9 Å². The van der Waals surface area contributed by atoms with Crippen molar-refractivity contribution >= 4 is 21.6 Å². The zero-order valence-corrected chi connectivity index (χ0v) is 19.3. The monoisotopic (exact) mass is 449 g/mol. The van der Waals surface area contributed by atoms with E-state index in [1.165, 1.54) is 4.31 Å². The van der Waals surface area contributed by atoms with Crippen LogP contribution in [0.15, 0.2) is 83.8 Å². The van der Waals surface area contributed by atoms with Crippen molar-refractivity contribution in [3.8, 4) is 0 Å². The smallest absolute Gasteiger partial charge is 0.255 e. The molecule has 0 aromatic heterocycles. The lowest BCUT2D eigenvalue weighted by Crippen LogP contribution is -2.38. The Morgan fingerprint density at radius 3 is 2.09 bits per heavy atom. The summed E-state index contributed by atoms with van der Waals surface area (Å²) in [6.07, 6.45) is -0.717. The van der Waals surface area contributed by atoms with Gasteiger partial charge in [-0.05, 0) is 48.9 Å². The van der Waals surface area contributed by atoms with Gasteiger partial charge in [0.25, 0.3) is 5.91 Å². The highest BCUT2D eigenvalue weighted by atomic mass is 32.2. The van der Waals surface area contributed by atoms with E-state index in [0.717, 1.165) is 16.8 Å². The first kappa shape index (κ1) is 22.0. The fourth-order valence-electron chi connectivity index (χ4n) is 3.95. The van der Waals surface area contributed by atoms with Gasteiger partial charge in [0.1, 0.15) is 6.17 Å². The molecule has 1 amide bonds. The highest BCUT2D eigenvalue weighted by Gasteiger charge is 2.43. The number of hydrogen-bond acceptors (Lipinski definition) is 4. The van der Waals surface area contributed by atoms with Gasteiger partial charge >= 0.3 is 0 Å². The maximum absolute atomic E-state index is 13.6. The normalized spacial score (nSPS) is 16.8. The first-order chi connectivity index (χ1) is 15.3. The molecular weight excluding hydrogens is 422 g/mol. The SMILES string of the molecule is Cc1ccc(S(=O)(=O)N2CCN(C(=O)c3ccccc3)C2c2ccc(N(C)C)cc2)cc1. The lowest BCUT2D eigenvalue weighted by molar-refractivity contribution is 0.0693. The van der Waals surface area contributed by atoms with Crippen LogP contribution in [0.1, 0.15) is 27.7 Å². The maximum atomic E-state index is 13.6. The van der Waals surface area contributed by atoms with Gasteiger partial charge in [-0.15, -0.1) is 0 Å². The Hall–Kier alpha value is -3.16. The fourth-order valence-corrected chi connectivity index (χ4v) is 5.52. The predicted molar refractivity (Wildman–Crippen MR) is 126 cm³/mol. The molecule has 0 N–H and O–H groups in total. The molecule has 0 bridgehead atoms. The number of aryl methyl sites for hydroxylation is 1. The molecule has 4 rings (SSSR count). The van der Waals surface area contributed by atoms with E-state index in [0.29, 0.717) is 12.1 Å². The summed E-state index contributed by atoms with van der Waals surface area (Å²) in [4.78, 5) is 17.2. The van der Waals surface area contributed by atoms with Gasteiger partial charge in [0.05, 0.1) is 4.90 Å². The molecule has 166 valence electrons. The van der Waals surface area contributed by atoms with E-state index in [9.17, 15) is 13.2 Å². The van der Waals surface area contributed by atoms with Crippen molar-refractivity contribution in [2.75, 3.05) is 32.1 Å². The van der Waals surface area contributed by atoms with Crippen molar-refractivity contribution < 1.29 is 13.2 Å². The highest BCUT2D eigenvalue weighted by Crippen LogP contribution is 2.36. The summed E-state index contributed by atoms with van der Waals surface area (Å²) in [5.41, 5.74) is 3.28. The number of sulfonamides is 1. The third-order valence-electron chi connectivity index (χ3n) is 5.75. The zero-order valence-electron chi connectivity index (χ0n) is 18.5. The zero-order chi connectivity index (χ0) is 22.9. The predicted octanol–water partition coefficient (Wildman–Crippen LogP) is 3.91. The van der Waals surface area contributed by atoms with Gasteiger partial charge in [0.2, 0.25) is 10.0 Å². The first-order valence-electron chi connectivity index (χ1n) is 10.5. The Bertz CT molecular complexity index is 1190. The summed E-state index contributed by atoms with van der Waals surface area (Å²) < 4.78 is 28.6. The molecule has 1 heterocycles. The summed E-state index contributed by atoms with van der Waals surface area (Å²) >= 11 is 0. The largest absolute Gasteiger partial charge is 0.378 e. The van der Waals surface area contributed by atoms with Crippen LogP contribution in [0.4, 0.5) is 5.69 Å². The molecular formula is C25H27N3O3S. The van der Waals surface area contributed by atoms with Crippen LogP contribution in [0, 0.1) is 6.92 Å². The van der Waals surface area contributed by atoms with Crippen molar-refractivity contribution in [2.24, 2.45) is 0 Å². The van der Waals surface area contributed by atoms with Crippen LogP contribution in [-0.2, 0) is 10.0 Å². The molecule has 32 heavy (non-hydrogen) atoms. The molecule has 0 spiro atoms. The quantitative estimate of drug-likeness (QED) is 0.593. The minimum absolute atomic E-state index is 0.186. The van der Waals surface area contributed by atoms with Crippen LogP contribution < -0.4 is 4.90 Å². The van der Waals surface area contributed by atoms with Crippen LogP contribution in [0.2, 0.25) is 0 Å². The number of carbonyl (C=O) groups is 1. The van der Waals surface area contributed by atoms with Gasteiger partial charge in [-0.3, -0.25) is 4.79 Å². The van der Waals surface area contributed by atoms with Gasteiger partial charge in [0, 0.05) is 38.4 Å². The number of amides is 1. The second kappa shape index (κ2) is 8.76. The number of carbonyl (C=O) groups excluding carboxylic acids is 1. The van der Waals surface area contributed by atoms with Crippen LogP contribution in [0.5, 0.6) is 0 Å². The standard InChI is InChI=1S/C25H27N3O3S/c1-19-9-15-23(16-10-19)32(30,31)28-18-17-27(25(29)21-7-5-4-6-8-21)24(28)20-11-13-22(14-12-20)26(2)3/h4-16,24H,17-18H2,1-3H3. The van der Waals surface area contributed by atoms with Crippen molar-refractivity contribution in [2.45, 2.75) is 18.0 Å². The minimum atomic E-state index is -3.80. The highest BCUT2D eigenvalue weighted by molar-refractivity contribution is 7.89. The Morgan fingerprint density at radius 1 is 0.875 bits per heavy atom. The van der Waals surface area contributed by atoms with E-state index in [-0.39, 0.29) is 17.3 Å². The molecule has 1 saturated heterocycles. The molecule has 0 radical (unpaired) electrons. The number of anilines is 1. The number of hydrogen-bond donors (Lipinski definition) is 0. The molecule has 6 nitrogen and oxygen atoms in total. The minimum Gasteiger partial charge on any atom is -0.378 e. The summed E-state index contributed by atoms with van der Waals surface area (Å²) in [5, 5.41) is 0. The van der Waals surface area contributed by atoms with Crippen LogP contribution in [0.25, 0.3) is 0 Å². The molecule has 0 aliphatic carbocycles. The van der Waals surface area contributed by atoms with Crippen molar-refractivity contribution in [3.05, 3.63) is 95.6 Å². The van der Waals surface area contributed by atoms with Crippen LogP contribution in [0.3, 0.4) is 0 Å². The molecule has 7 heteroatoms. The number of rotatable bonds is 5. The number of benzene rings is 3. The Labute approximate surface area is 189 Å². The summed E-state index contributed by atoms with van der Waals surface area (Å²) in [5.74, 6) is -0.186. The lowest BCUT2D eigenvalue weighted by atomic mass is 10.1. The van der Waals surface area contributed by atoms with E-state index in [2.05, 4.69) is 0 Å². The van der Waals surface area contributed by atoms with E-state index >= 15 is 0 Å². The first-order valence-corrected chi connectivity index (χ1v) is 11.9. The molecule has 1 atom stereocenters. The molecule has 1 fully saturated rings. The Kier molecular flexibility index (Phi) is 6.04. The van der Waals surface area contributed by atoms with Crippen molar-refractivity contribution in [1.29, 1.82) is 0 Å². The maximum Gasteiger partial charge on any atom is 0.255 e. The summed E-state index contributed by atoms with van der Waals surface area (Å²) in [7, 11) is 0.0979. The summed E-state index contributed by atoms with van der Waals surface area (Å²) in [6, 6.07) is 23.5. The lowest BCUT2D eigenvalue weighted by Gasteiger charge is -2.30. The van der Waals surface area contributed by atoms with E-state index in [4.69, 9.17) is 0 Å². The third-order valence-corrected chi connectivity index (χ3v) is 7.61. The molecule has 1 unspecified atom stereocenters. The Morgan fingerprint density at radius 2 is 1.50 bits per heavy atom.